The van der Waals surface area contributed by atoms with Gasteiger partial charge in [0.1, 0.15) is 0 Å². The molecule has 146 valence electrons. The average molecular weight is 391 g/mol. The molecule has 27 heavy (non-hydrogen) atoms. The van der Waals surface area contributed by atoms with Gasteiger partial charge in [0, 0.05) is 11.6 Å². The molecule has 0 unspecified atom stereocenters. The van der Waals surface area contributed by atoms with Crippen molar-refractivity contribution in [2.24, 2.45) is 11.8 Å². The number of amides is 1. The maximum Gasteiger partial charge on any atom is 0.306 e. The normalized spacial score (nSPS) is 23.4. The first-order chi connectivity index (χ1) is 13.1. The Kier molecular flexibility index (Phi) is 6.79. The molecule has 1 amide bonds. The predicted octanol–water partition coefficient (Wildman–Crippen LogP) is 1.79. The fourth-order valence-corrected chi connectivity index (χ4v) is 4.58. The van der Waals surface area contributed by atoms with Gasteiger partial charge in [0.2, 0.25) is 0 Å². The first-order valence-electron chi connectivity index (χ1n) is 9.60. The highest BCUT2D eigenvalue weighted by Crippen LogP contribution is 2.25. The average Bonchev–Trinajstić information content (AvgIpc) is 2.70. The first kappa shape index (κ1) is 19.8. The number of aliphatic carboxylic acids is 1. The summed E-state index contributed by atoms with van der Waals surface area (Å²) in [6.45, 7) is 1.86. The third-order valence-corrected chi connectivity index (χ3v) is 6.39. The molecule has 1 heterocycles. The predicted molar refractivity (Wildman–Crippen MR) is 105 cm³/mol. The van der Waals surface area contributed by atoms with Crippen LogP contribution in [-0.2, 0) is 16.1 Å². The molecule has 0 atom stereocenters. The number of hydrogen-bond acceptors (Lipinski definition) is 4. The van der Waals surface area contributed by atoms with Crippen LogP contribution in [0.4, 0.5) is 0 Å². The van der Waals surface area contributed by atoms with Crippen molar-refractivity contribution in [2.45, 2.75) is 44.6 Å². The zero-order valence-corrected chi connectivity index (χ0v) is 16.1. The van der Waals surface area contributed by atoms with Crippen LogP contribution in [0.2, 0.25) is 0 Å². The van der Waals surface area contributed by atoms with Gasteiger partial charge in [-0.3, -0.25) is 9.59 Å². The maximum absolute atomic E-state index is 12.5. The Bertz CT molecular complexity index is 729. The van der Waals surface area contributed by atoms with E-state index in [9.17, 15) is 13.8 Å². The molecule has 1 aliphatic heterocycles. The molecule has 2 fully saturated rings. The highest BCUT2D eigenvalue weighted by molar-refractivity contribution is 7.67. The highest BCUT2D eigenvalue weighted by atomic mass is 32.1. The summed E-state index contributed by atoms with van der Waals surface area (Å²) in [7, 11) is 0. The van der Waals surface area contributed by atoms with Crippen molar-refractivity contribution < 1.29 is 18.9 Å². The van der Waals surface area contributed by atoms with Crippen LogP contribution in [0.3, 0.4) is 0 Å². The van der Waals surface area contributed by atoms with Gasteiger partial charge in [0.05, 0.1) is 22.0 Å². The van der Waals surface area contributed by atoms with E-state index in [-0.39, 0.29) is 23.8 Å². The number of carbonyl (C=O) groups excluding carboxylic acids is 1. The number of nitrogens with one attached hydrogen (secondary N) is 2. The van der Waals surface area contributed by atoms with Crippen LogP contribution in [0.15, 0.2) is 24.3 Å². The molecule has 7 heteroatoms. The fraction of sp³-hybridized carbons (Fsp3) is 0.550. The van der Waals surface area contributed by atoms with Crippen molar-refractivity contribution >= 4 is 28.0 Å². The lowest BCUT2D eigenvalue weighted by atomic mass is 9.86. The lowest BCUT2D eigenvalue weighted by Crippen LogP contribution is -2.38. The van der Waals surface area contributed by atoms with E-state index in [0.29, 0.717) is 42.5 Å². The van der Waals surface area contributed by atoms with E-state index in [0.717, 1.165) is 36.4 Å². The largest absolute Gasteiger partial charge is 0.481 e. The second-order valence-corrected chi connectivity index (χ2v) is 8.02. The topological polar surface area (TPSA) is 95.5 Å². The molecule has 1 aromatic rings. The van der Waals surface area contributed by atoms with Crippen LogP contribution >= 0.6 is 0 Å². The number of rotatable bonds is 5. The molecule has 1 aromatic carbocycles. The molecule has 2 aliphatic rings. The standard InChI is InChI=1S/C20H26N2O4S/c23-19(22-17-7-5-16(6-8-17)20(24)25)15-3-1-13(2-4-15)18(27-26)14-9-11-21-12-10-14/h1-4,14,16-17,21H,5-12H2,(H,22,23)(H,24,25). The minimum absolute atomic E-state index is 0.0295. The van der Waals surface area contributed by atoms with E-state index < -0.39 is 5.97 Å². The molecular weight excluding hydrogens is 364 g/mol. The molecule has 3 N–H and O–H groups in total. The fourth-order valence-electron chi connectivity index (χ4n) is 3.98. The highest BCUT2D eigenvalue weighted by Gasteiger charge is 2.27. The molecule has 1 aliphatic carbocycles. The van der Waals surface area contributed by atoms with E-state index in [2.05, 4.69) is 10.6 Å². The van der Waals surface area contributed by atoms with Gasteiger partial charge < -0.3 is 15.7 Å². The summed E-state index contributed by atoms with van der Waals surface area (Å²) < 4.78 is 11.6. The molecule has 0 radical (unpaired) electrons. The lowest BCUT2D eigenvalue weighted by molar-refractivity contribution is -0.142. The van der Waals surface area contributed by atoms with Crippen LogP contribution < -0.4 is 10.6 Å². The Morgan fingerprint density at radius 3 is 2.07 bits per heavy atom. The molecule has 1 saturated heterocycles. The van der Waals surface area contributed by atoms with Gasteiger partial charge in [0.15, 0.2) is 0 Å². The lowest BCUT2D eigenvalue weighted by Gasteiger charge is -2.27. The van der Waals surface area contributed by atoms with Crippen molar-refractivity contribution in [1.29, 1.82) is 0 Å². The number of hydrogen-bond donors (Lipinski definition) is 3. The molecule has 0 bridgehead atoms. The van der Waals surface area contributed by atoms with E-state index >= 15 is 0 Å². The molecule has 3 rings (SSSR count). The Hall–Kier alpha value is -1.99. The van der Waals surface area contributed by atoms with Crippen molar-refractivity contribution in [3.8, 4) is 0 Å². The third-order valence-electron chi connectivity index (χ3n) is 5.64. The number of carboxylic acids is 1. The summed E-state index contributed by atoms with van der Waals surface area (Å²) in [6.07, 6.45) is 4.53. The van der Waals surface area contributed by atoms with Crippen LogP contribution in [0, 0.1) is 11.8 Å². The summed E-state index contributed by atoms with van der Waals surface area (Å²) in [6, 6.07) is 7.29. The quantitative estimate of drug-likeness (QED) is 0.526. The number of piperidine rings is 1. The van der Waals surface area contributed by atoms with Gasteiger partial charge in [-0.05, 0) is 75.2 Å². The van der Waals surface area contributed by atoms with Gasteiger partial charge in [0.25, 0.3) is 5.91 Å². The number of carboxylic acid groups (broad SMARTS) is 1. The van der Waals surface area contributed by atoms with E-state index in [1.807, 2.05) is 12.1 Å². The second kappa shape index (κ2) is 9.28. The first-order valence-corrected chi connectivity index (χ1v) is 10.3. The molecular formula is C20H26N2O4S. The van der Waals surface area contributed by atoms with Crippen molar-refractivity contribution in [3.63, 3.8) is 0 Å². The third kappa shape index (κ3) is 5.05. The maximum atomic E-state index is 12.5. The van der Waals surface area contributed by atoms with E-state index in [4.69, 9.17) is 5.11 Å². The van der Waals surface area contributed by atoms with Gasteiger partial charge in [-0.15, -0.1) is 0 Å². The van der Waals surface area contributed by atoms with E-state index in [1.54, 1.807) is 12.1 Å². The second-order valence-electron chi connectivity index (χ2n) is 7.41. The summed E-state index contributed by atoms with van der Waals surface area (Å²) in [5, 5.41) is 15.4. The number of carbonyl (C=O) groups is 2. The Labute approximate surface area is 162 Å². The summed E-state index contributed by atoms with van der Waals surface area (Å²) in [5.74, 6) is -0.880. The monoisotopic (exact) mass is 390 g/mol. The van der Waals surface area contributed by atoms with E-state index in [1.165, 1.54) is 0 Å². The van der Waals surface area contributed by atoms with Crippen molar-refractivity contribution in [1.82, 2.24) is 10.6 Å². The van der Waals surface area contributed by atoms with Gasteiger partial charge >= 0.3 is 5.97 Å². The Morgan fingerprint density at radius 1 is 0.926 bits per heavy atom. The van der Waals surface area contributed by atoms with Crippen molar-refractivity contribution in [2.75, 3.05) is 13.1 Å². The number of benzene rings is 1. The van der Waals surface area contributed by atoms with Crippen LogP contribution in [0.25, 0.3) is 0 Å². The van der Waals surface area contributed by atoms with Crippen LogP contribution in [0.1, 0.15) is 54.4 Å². The van der Waals surface area contributed by atoms with Gasteiger partial charge in [-0.1, -0.05) is 12.1 Å². The van der Waals surface area contributed by atoms with Gasteiger partial charge in [-0.25, -0.2) is 4.21 Å². The molecule has 0 spiro atoms. The molecule has 1 saturated carbocycles. The molecule has 0 aromatic heterocycles. The minimum atomic E-state index is -0.743. The zero-order valence-electron chi connectivity index (χ0n) is 15.3. The molecule has 6 nitrogen and oxygen atoms in total. The smallest absolute Gasteiger partial charge is 0.306 e. The van der Waals surface area contributed by atoms with Crippen LogP contribution in [0.5, 0.6) is 0 Å². The van der Waals surface area contributed by atoms with Crippen molar-refractivity contribution in [3.05, 3.63) is 35.4 Å². The summed E-state index contributed by atoms with van der Waals surface area (Å²) >= 11 is 0.565. The minimum Gasteiger partial charge on any atom is -0.481 e. The zero-order chi connectivity index (χ0) is 19.2. The SMILES string of the molecule is O=S=C(c1ccc(C(=O)NC2CCC(C(=O)O)CC2)cc1)C1CCNCC1. The van der Waals surface area contributed by atoms with Gasteiger partial charge in [-0.2, -0.15) is 0 Å². The Balaban J connectivity index is 1.59. The summed E-state index contributed by atoms with van der Waals surface area (Å²) in [4.78, 5) is 24.3. The Morgan fingerprint density at radius 2 is 1.52 bits per heavy atom. The summed E-state index contributed by atoms with van der Waals surface area (Å²) in [5.41, 5.74) is 1.47. The van der Waals surface area contributed by atoms with Crippen LogP contribution in [-0.4, -0.2) is 45.2 Å².